The molecule has 0 aliphatic rings. The third-order valence-electron chi connectivity index (χ3n) is 2.18. The summed E-state index contributed by atoms with van der Waals surface area (Å²) in [5.74, 6) is -1.48. The first kappa shape index (κ1) is 12.2. The Balaban J connectivity index is 2.80. The molecule has 1 amide bonds. The van der Waals surface area contributed by atoms with Crippen LogP contribution in [0.4, 0.5) is 0 Å². The number of aliphatic carboxylic acids is 1. The number of aromatic nitrogens is 2. The van der Waals surface area contributed by atoms with Gasteiger partial charge in [0.05, 0.1) is 11.8 Å². The fourth-order valence-corrected chi connectivity index (χ4v) is 1.42. The molecule has 0 atom stereocenters. The minimum Gasteiger partial charge on any atom is -0.480 e. The number of rotatable bonds is 4. The number of nitrogens with zero attached hydrogens (tertiary/aromatic N) is 2. The minimum absolute atomic E-state index is 0.168. The van der Waals surface area contributed by atoms with E-state index >= 15 is 0 Å². The van der Waals surface area contributed by atoms with Crippen molar-refractivity contribution in [3.05, 3.63) is 17.5 Å². The molecule has 1 aromatic heterocycles. The Bertz CT molecular complexity index is 409. The highest BCUT2D eigenvalue weighted by molar-refractivity contribution is 5.96. The summed E-state index contributed by atoms with van der Waals surface area (Å²) >= 11 is 0. The third kappa shape index (κ3) is 2.59. The van der Waals surface area contributed by atoms with Gasteiger partial charge in [0, 0.05) is 11.7 Å². The highest BCUT2D eigenvalue weighted by Crippen LogP contribution is 2.12. The van der Waals surface area contributed by atoms with Crippen molar-refractivity contribution in [2.75, 3.05) is 6.54 Å². The van der Waals surface area contributed by atoms with Gasteiger partial charge in [-0.3, -0.25) is 14.3 Å². The van der Waals surface area contributed by atoms with E-state index in [0.717, 1.165) is 5.69 Å². The average Bonchev–Trinajstić information content (AvgIpc) is 2.56. The van der Waals surface area contributed by atoms with Gasteiger partial charge in [-0.1, -0.05) is 0 Å². The minimum atomic E-state index is -1.07. The molecule has 0 bridgehead atoms. The second-order valence-corrected chi connectivity index (χ2v) is 3.76. The van der Waals surface area contributed by atoms with Crippen LogP contribution in [-0.4, -0.2) is 33.3 Å². The van der Waals surface area contributed by atoms with Crippen molar-refractivity contribution in [2.24, 2.45) is 0 Å². The molecule has 0 radical (unpaired) electrons. The van der Waals surface area contributed by atoms with Crippen LogP contribution < -0.4 is 5.32 Å². The van der Waals surface area contributed by atoms with Crippen LogP contribution in [0.25, 0.3) is 0 Å². The third-order valence-corrected chi connectivity index (χ3v) is 2.18. The molecule has 2 N–H and O–H groups in total. The maximum absolute atomic E-state index is 11.6. The maximum Gasteiger partial charge on any atom is 0.322 e. The summed E-state index contributed by atoms with van der Waals surface area (Å²) in [6.07, 6.45) is 1.45. The zero-order valence-electron chi connectivity index (χ0n) is 9.52. The molecule has 0 aromatic carbocycles. The predicted octanol–water partition coefficient (Wildman–Crippen LogP) is 0.587. The smallest absolute Gasteiger partial charge is 0.322 e. The van der Waals surface area contributed by atoms with E-state index in [-0.39, 0.29) is 12.6 Å². The number of amides is 1. The fourth-order valence-electron chi connectivity index (χ4n) is 1.42. The first-order valence-corrected chi connectivity index (χ1v) is 4.97. The normalized spacial score (nSPS) is 10.5. The Morgan fingerprint density at radius 3 is 2.62 bits per heavy atom. The van der Waals surface area contributed by atoms with E-state index in [9.17, 15) is 9.59 Å². The molecule has 1 heterocycles. The Labute approximate surface area is 93.3 Å². The topological polar surface area (TPSA) is 84.2 Å². The lowest BCUT2D eigenvalue weighted by molar-refractivity contribution is -0.135. The largest absolute Gasteiger partial charge is 0.480 e. The lowest BCUT2D eigenvalue weighted by Gasteiger charge is -2.08. The van der Waals surface area contributed by atoms with Gasteiger partial charge in [-0.2, -0.15) is 5.10 Å². The molecule has 16 heavy (non-hydrogen) atoms. The second-order valence-electron chi connectivity index (χ2n) is 3.76. The van der Waals surface area contributed by atoms with E-state index < -0.39 is 11.9 Å². The van der Waals surface area contributed by atoms with Gasteiger partial charge in [-0.05, 0) is 20.8 Å². The molecular weight excluding hydrogens is 210 g/mol. The van der Waals surface area contributed by atoms with E-state index in [4.69, 9.17) is 5.11 Å². The molecule has 0 aliphatic carbocycles. The van der Waals surface area contributed by atoms with Gasteiger partial charge in [0.2, 0.25) is 0 Å². The lowest BCUT2D eigenvalue weighted by atomic mass is 10.2. The molecule has 88 valence electrons. The number of hydrogen-bond acceptors (Lipinski definition) is 3. The summed E-state index contributed by atoms with van der Waals surface area (Å²) in [4.78, 5) is 21.9. The summed E-state index contributed by atoms with van der Waals surface area (Å²) in [5, 5.41) is 14.8. The molecule has 1 rings (SSSR count). The van der Waals surface area contributed by atoms with E-state index in [1.54, 1.807) is 11.6 Å². The second kappa shape index (κ2) is 4.78. The lowest BCUT2D eigenvalue weighted by Crippen LogP contribution is -2.29. The Kier molecular flexibility index (Phi) is 3.65. The number of nitrogens with one attached hydrogen (secondary N) is 1. The Morgan fingerprint density at radius 2 is 2.19 bits per heavy atom. The molecule has 1 aromatic rings. The zero-order chi connectivity index (χ0) is 12.3. The first-order chi connectivity index (χ1) is 7.43. The number of carboxylic acids is 1. The fraction of sp³-hybridized carbons (Fsp3) is 0.500. The van der Waals surface area contributed by atoms with Crippen LogP contribution in [0.1, 0.15) is 35.9 Å². The van der Waals surface area contributed by atoms with Gasteiger partial charge in [-0.15, -0.1) is 0 Å². The van der Waals surface area contributed by atoms with E-state index in [0.29, 0.717) is 5.56 Å². The summed E-state index contributed by atoms with van der Waals surface area (Å²) in [6.45, 7) is 5.31. The summed E-state index contributed by atoms with van der Waals surface area (Å²) in [7, 11) is 0. The van der Waals surface area contributed by atoms with Crippen LogP contribution in [0.2, 0.25) is 0 Å². The van der Waals surface area contributed by atoms with Crippen LogP contribution in [0.15, 0.2) is 6.20 Å². The Morgan fingerprint density at radius 1 is 1.56 bits per heavy atom. The molecule has 0 saturated carbocycles. The molecule has 6 heteroatoms. The van der Waals surface area contributed by atoms with Crippen LogP contribution in [0.5, 0.6) is 0 Å². The van der Waals surface area contributed by atoms with Gasteiger partial charge < -0.3 is 10.4 Å². The highest BCUT2D eigenvalue weighted by atomic mass is 16.4. The van der Waals surface area contributed by atoms with E-state index in [1.165, 1.54) is 6.20 Å². The van der Waals surface area contributed by atoms with Crippen LogP contribution in [-0.2, 0) is 4.79 Å². The van der Waals surface area contributed by atoms with Crippen LogP contribution in [0, 0.1) is 6.92 Å². The van der Waals surface area contributed by atoms with Crippen molar-refractivity contribution in [3.8, 4) is 0 Å². The number of carboxylic acid groups (broad SMARTS) is 1. The van der Waals surface area contributed by atoms with Gasteiger partial charge in [-0.25, -0.2) is 0 Å². The summed E-state index contributed by atoms with van der Waals surface area (Å²) in [6, 6.07) is 0.168. The molecule has 0 unspecified atom stereocenters. The predicted molar refractivity (Wildman–Crippen MR) is 57.3 cm³/mol. The van der Waals surface area contributed by atoms with E-state index in [2.05, 4.69) is 10.4 Å². The standard InChI is InChI=1S/C10H15N3O3/c1-6(2)13-7(3)8(4-12-13)10(16)11-5-9(14)15/h4,6H,5H2,1-3H3,(H,11,16)(H,14,15). The van der Waals surface area contributed by atoms with Crippen LogP contribution >= 0.6 is 0 Å². The summed E-state index contributed by atoms with van der Waals surface area (Å²) < 4.78 is 1.72. The van der Waals surface area contributed by atoms with Crippen molar-refractivity contribution < 1.29 is 14.7 Å². The first-order valence-electron chi connectivity index (χ1n) is 4.97. The van der Waals surface area contributed by atoms with E-state index in [1.807, 2.05) is 13.8 Å². The quantitative estimate of drug-likeness (QED) is 0.785. The van der Waals surface area contributed by atoms with Crippen molar-refractivity contribution in [1.29, 1.82) is 0 Å². The average molecular weight is 225 g/mol. The zero-order valence-corrected chi connectivity index (χ0v) is 9.52. The maximum atomic E-state index is 11.6. The molecular formula is C10H15N3O3. The summed E-state index contributed by atoms with van der Waals surface area (Å²) in [5.41, 5.74) is 1.15. The molecule has 0 aliphatic heterocycles. The van der Waals surface area contributed by atoms with Gasteiger partial charge >= 0.3 is 5.97 Å². The van der Waals surface area contributed by atoms with Crippen molar-refractivity contribution >= 4 is 11.9 Å². The highest BCUT2D eigenvalue weighted by Gasteiger charge is 2.15. The number of carbonyl (C=O) groups excluding carboxylic acids is 1. The molecule has 0 spiro atoms. The monoisotopic (exact) mass is 225 g/mol. The van der Waals surface area contributed by atoms with Gasteiger partial charge in [0.1, 0.15) is 6.54 Å². The number of hydrogen-bond donors (Lipinski definition) is 2. The van der Waals surface area contributed by atoms with Crippen molar-refractivity contribution in [3.63, 3.8) is 0 Å². The van der Waals surface area contributed by atoms with Gasteiger partial charge in [0.15, 0.2) is 0 Å². The number of carbonyl (C=O) groups is 2. The van der Waals surface area contributed by atoms with Crippen molar-refractivity contribution in [2.45, 2.75) is 26.8 Å². The Hall–Kier alpha value is -1.85. The van der Waals surface area contributed by atoms with Crippen LogP contribution in [0.3, 0.4) is 0 Å². The molecule has 0 saturated heterocycles. The van der Waals surface area contributed by atoms with Gasteiger partial charge in [0.25, 0.3) is 5.91 Å². The molecule has 0 fully saturated rings. The van der Waals surface area contributed by atoms with Crippen molar-refractivity contribution in [1.82, 2.24) is 15.1 Å². The molecule has 6 nitrogen and oxygen atoms in total. The SMILES string of the molecule is Cc1c(C(=O)NCC(=O)O)cnn1C(C)C.